The van der Waals surface area contributed by atoms with Crippen molar-refractivity contribution < 1.29 is 22.4 Å². The van der Waals surface area contributed by atoms with E-state index in [9.17, 15) is 22.4 Å². The number of rotatable bonds is 1. The maximum absolute atomic E-state index is 12.8. The molecule has 0 radical (unpaired) electrons. The molecule has 1 rings (SSSR count). The Bertz CT molecular complexity index is 488. The molecule has 0 aliphatic rings. The average Bonchev–Trinajstić information content (AvgIpc) is 2.14. The van der Waals surface area contributed by atoms with E-state index in [1.165, 1.54) is 6.07 Å². The number of alkyl halides is 3. The van der Waals surface area contributed by atoms with Crippen LogP contribution in [-0.4, -0.2) is 5.91 Å². The van der Waals surface area contributed by atoms with Crippen LogP contribution in [0.2, 0.25) is 0 Å². The lowest BCUT2D eigenvalue weighted by atomic mass is 10.0. The van der Waals surface area contributed by atoms with E-state index < -0.39 is 34.6 Å². The Morgan fingerprint density at radius 1 is 1.38 bits per heavy atom. The first-order chi connectivity index (χ1) is 7.27. The number of nitrogens with zero attached hydrogens (tertiary/aromatic N) is 1. The Kier molecular flexibility index (Phi) is 2.85. The first kappa shape index (κ1) is 12.0. The Morgan fingerprint density at radius 2 is 1.94 bits per heavy atom. The Labute approximate surface area is 87.1 Å². The number of halogens is 4. The van der Waals surface area contributed by atoms with Gasteiger partial charge in [0.1, 0.15) is 5.82 Å². The van der Waals surface area contributed by atoms with Crippen LogP contribution in [0.15, 0.2) is 12.1 Å². The lowest BCUT2D eigenvalue weighted by Crippen LogP contribution is -2.20. The molecule has 7 heteroatoms. The fourth-order valence-corrected chi connectivity index (χ4v) is 1.19. The van der Waals surface area contributed by atoms with E-state index in [2.05, 4.69) is 5.73 Å². The van der Waals surface area contributed by atoms with Gasteiger partial charge in [-0.25, -0.2) is 4.39 Å². The zero-order chi connectivity index (χ0) is 12.5. The van der Waals surface area contributed by atoms with Crippen molar-refractivity contribution in [3.05, 3.63) is 34.6 Å². The van der Waals surface area contributed by atoms with Crippen LogP contribution in [0.4, 0.5) is 17.6 Å². The fourth-order valence-electron chi connectivity index (χ4n) is 1.19. The van der Waals surface area contributed by atoms with Gasteiger partial charge in [-0.2, -0.15) is 18.4 Å². The zero-order valence-corrected chi connectivity index (χ0v) is 7.60. The van der Waals surface area contributed by atoms with Crippen molar-refractivity contribution in [1.29, 1.82) is 5.26 Å². The maximum atomic E-state index is 12.8. The van der Waals surface area contributed by atoms with Gasteiger partial charge < -0.3 is 5.73 Å². The van der Waals surface area contributed by atoms with Crippen molar-refractivity contribution in [2.75, 3.05) is 0 Å². The van der Waals surface area contributed by atoms with E-state index in [1.54, 1.807) is 0 Å². The fraction of sp³-hybridized carbons (Fsp3) is 0.111. The molecule has 0 fully saturated rings. The lowest BCUT2D eigenvalue weighted by Gasteiger charge is -2.12. The minimum Gasteiger partial charge on any atom is -0.366 e. The Hall–Kier alpha value is -2.10. The van der Waals surface area contributed by atoms with Gasteiger partial charge in [0.15, 0.2) is 0 Å². The number of hydrogen-bond donors (Lipinski definition) is 1. The highest BCUT2D eigenvalue weighted by molar-refractivity contribution is 5.95. The summed E-state index contributed by atoms with van der Waals surface area (Å²) < 4.78 is 50.3. The molecule has 3 nitrogen and oxygen atoms in total. The molecule has 0 atom stereocenters. The number of carbonyl (C=O) groups excluding carboxylic acids is 1. The quantitative estimate of drug-likeness (QED) is 0.750. The van der Waals surface area contributed by atoms with Crippen LogP contribution < -0.4 is 5.73 Å². The summed E-state index contributed by atoms with van der Waals surface area (Å²) in [6.07, 6.45) is -4.94. The van der Waals surface area contributed by atoms with Gasteiger partial charge in [-0.3, -0.25) is 4.79 Å². The van der Waals surface area contributed by atoms with Crippen LogP contribution in [0.25, 0.3) is 0 Å². The van der Waals surface area contributed by atoms with E-state index >= 15 is 0 Å². The van der Waals surface area contributed by atoms with Crippen molar-refractivity contribution in [2.24, 2.45) is 5.73 Å². The number of hydrogen-bond acceptors (Lipinski definition) is 2. The van der Waals surface area contributed by atoms with Crippen molar-refractivity contribution in [1.82, 2.24) is 0 Å². The van der Waals surface area contributed by atoms with Gasteiger partial charge in [0.2, 0.25) is 5.91 Å². The minimum atomic E-state index is -4.94. The van der Waals surface area contributed by atoms with Crippen molar-refractivity contribution >= 4 is 5.91 Å². The summed E-state index contributed by atoms with van der Waals surface area (Å²) in [5.41, 5.74) is 1.16. The van der Waals surface area contributed by atoms with E-state index in [-0.39, 0.29) is 0 Å². The molecule has 0 spiro atoms. The van der Waals surface area contributed by atoms with Crippen LogP contribution in [-0.2, 0) is 6.18 Å². The molecule has 0 saturated carbocycles. The molecule has 0 heterocycles. The van der Waals surface area contributed by atoms with E-state index in [0.29, 0.717) is 12.1 Å². The van der Waals surface area contributed by atoms with Crippen LogP contribution >= 0.6 is 0 Å². The van der Waals surface area contributed by atoms with E-state index in [4.69, 9.17) is 5.26 Å². The highest BCUT2D eigenvalue weighted by atomic mass is 19.4. The normalized spacial score (nSPS) is 10.9. The third-order valence-corrected chi connectivity index (χ3v) is 1.77. The summed E-state index contributed by atoms with van der Waals surface area (Å²) in [4.78, 5) is 10.7. The standard InChI is InChI=1S/C9H4F4N2O/c10-5-1-4(3-14)7(9(11,12)13)6(2-5)8(15)16/h1-2H,(H2,15,16). The molecule has 1 amide bonds. The molecular weight excluding hydrogens is 228 g/mol. The van der Waals surface area contributed by atoms with Crippen LogP contribution in [0, 0.1) is 17.1 Å². The summed E-state index contributed by atoms with van der Waals surface area (Å²) >= 11 is 0. The highest BCUT2D eigenvalue weighted by Gasteiger charge is 2.38. The minimum absolute atomic E-state index is 0.353. The van der Waals surface area contributed by atoms with Gasteiger partial charge in [-0.15, -0.1) is 0 Å². The molecular formula is C9H4F4N2O. The first-order valence-corrected chi connectivity index (χ1v) is 3.88. The molecule has 1 aromatic carbocycles. The number of benzene rings is 1. The third-order valence-electron chi connectivity index (χ3n) is 1.77. The SMILES string of the molecule is N#Cc1cc(F)cc(C(N)=O)c1C(F)(F)F. The van der Waals surface area contributed by atoms with Crippen LogP contribution in [0.3, 0.4) is 0 Å². The second-order valence-electron chi connectivity index (χ2n) is 2.85. The molecule has 0 saturated heterocycles. The summed E-state index contributed by atoms with van der Waals surface area (Å²) in [5, 5.41) is 8.44. The van der Waals surface area contributed by atoms with Crippen molar-refractivity contribution in [2.45, 2.75) is 6.18 Å². The number of nitriles is 1. The highest BCUT2D eigenvalue weighted by Crippen LogP contribution is 2.34. The molecule has 0 aromatic heterocycles. The zero-order valence-electron chi connectivity index (χ0n) is 7.60. The first-order valence-electron chi connectivity index (χ1n) is 3.88. The summed E-state index contributed by atoms with van der Waals surface area (Å²) in [7, 11) is 0. The van der Waals surface area contributed by atoms with Gasteiger partial charge in [-0.1, -0.05) is 0 Å². The second-order valence-corrected chi connectivity index (χ2v) is 2.85. The molecule has 0 aliphatic heterocycles. The predicted molar refractivity (Wildman–Crippen MR) is 44.6 cm³/mol. The van der Waals surface area contributed by atoms with E-state index in [0.717, 1.165) is 0 Å². The van der Waals surface area contributed by atoms with Crippen molar-refractivity contribution in [3.8, 4) is 6.07 Å². The molecule has 16 heavy (non-hydrogen) atoms. The van der Waals surface area contributed by atoms with Gasteiger partial charge in [0, 0.05) is 0 Å². The molecule has 0 bridgehead atoms. The molecule has 2 N–H and O–H groups in total. The van der Waals surface area contributed by atoms with Crippen molar-refractivity contribution in [3.63, 3.8) is 0 Å². The largest absolute Gasteiger partial charge is 0.418 e. The van der Waals surface area contributed by atoms with Gasteiger partial charge >= 0.3 is 6.18 Å². The number of amides is 1. The molecule has 0 aliphatic carbocycles. The topological polar surface area (TPSA) is 66.9 Å². The monoisotopic (exact) mass is 232 g/mol. The van der Waals surface area contributed by atoms with Gasteiger partial charge in [0.05, 0.1) is 22.8 Å². The number of nitrogens with two attached hydrogens (primary N) is 1. The molecule has 84 valence electrons. The second kappa shape index (κ2) is 3.81. The van der Waals surface area contributed by atoms with Gasteiger partial charge in [0.25, 0.3) is 0 Å². The smallest absolute Gasteiger partial charge is 0.366 e. The maximum Gasteiger partial charge on any atom is 0.418 e. The summed E-state index contributed by atoms with van der Waals surface area (Å²) in [5.74, 6) is -2.57. The third kappa shape index (κ3) is 2.11. The van der Waals surface area contributed by atoms with E-state index in [1.807, 2.05) is 0 Å². The Balaban J connectivity index is 3.67. The average molecular weight is 232 g/mol. The summed E-state index contributed by atoms with van der Waals surface area (Å²) in [6, 6.07) is 1.92. The van der Waals surface area contributed by atoms with Crippen LogP contribution in [0.5, 0.6) is 0 Å². The molecule has 1 aromatic rings. The predicted octanol–water partition coefficient (Wildman–Crippen LogP) is 1.82. The number of primary amides is 1. The number of carbonyl (C=O) groups is 1. The molecule has 0 unspecified atom stereocenters. The van der Waals surface area contributed by atoms with Gasteiger partial charge in [-0.05, 0) is 12.1 Å². The Morgan fingerprint density at radius 3 is 2.31 bits per heavy atom. The lowest BCUT2D eigenvalue weighted by molar-refractivity contribution is -0.138. The van der Waals surface area contributed by atoms with Crippen LogP contribution in [0.1, 0.15) is 21.5 Å². The summed E-state index contributed by atoms with van der Waals surface area (Å²) in [6.45, 7) is 0.